The Morgan fingerprint density at radius 2 is 2.00 bits per heavy atom. The molecular formula is C11H16FN3. The summed E-state index contributed by atoms with van der Waals surface area (Å²) < 4.78 is 13.5. The molecule has 1 saturated carbocycles. The van der Waals surface area contributed by atoms with Crippen molar-refractivity contribution in [3.8, 4) is 0 Å². The van der Waals surface area contributed by atoms with Crippen LogP contribution in [-0.2, 0) is 0 Å². The predicted molar refractivity (Wildman–Crippen MR) is 57.4 cm³/mol. The van der Waals surface area contributed by atoms with Gasteiger partial charge in [-0.25, -0.2) is 14.4 Å². The molecule has 1 fully saturated rings. The second kappa shape index (κ2) is 5.05. The van der Waals surface area contributed by atoms with E-state index in [0.29, 0.717) is 18.9 Å². The summed E-state index contributed by atoms with van der Waals surface area (Å²) in [6, 6.07) is 1.77. The van der Waals surface area contributed by atoms with E-state index in [2.05, 4.69) is 15.3 Å². The molecule has 0 aliphatic heterocycles. The van der Waals surface area contributed by atoms with E-state index in [1.807, 2.05) is 0 Å². The molecule has 4 heteroatoms. The van der Waals surface area contributed by atoms with Crippen molar-refractivity contribution < 1.29 is 4.39 Å². The summed E-state index contributed by atoms with van der Waals surface area (Å²) in [4.78, 5) is 8.09. The van der Waals surface area contributed by atoms with Crippen LogP contribution in [0.5, 0.6) is 0 Å². The zero-order valence-electron chi connectivity index (χ0n) is 8.69. The van der Waals surface area contributed by atoms with Crippen LogP contribution in [0.2, 0.25) is 0 Å². The van der Waals surface area contributed by atoms with Gasteiger partial charge in [-0.05, 0) is 18.9 Å². The molecule has 0 spiro atoms. The second-order valence-electron chi connectivity index (χ2n) is 4.01. The first-order valence-electron chi connectivity index (χ1n) is 5.51. The Kier molecular flexibility index (Phi) is 3.48. The average Bonchev–Trinajstić information content (AvgIpc) is 2.29. The Balaban J connectivity index is 1.82. The average molecular weight is 209 g/mol. The molecule has 1 N–H and O–H groups in total. The fourth-order valence-electron chi connectivity index (χ4n) is 2.01. The maximum Gasteiger partial charge on any atom is 0.222 e. The van der Waals surface area contributed by atoms with Crippen LogP contribution in [0.15, 0.2) is 18.5 Å². The van der Waals surface area contributed by atoms with Crippen LogP contribution in [0.3, 0.4) is 0 Å². The minimum Gasteiger partial charge on any atom is -0.354 e. The third-order valence-electron chi connectivity index (χ3n) is 2.90. The molecule has 0 saturated heterocycles. The van der Waals surface area contributed by atoms with Gasteiger partial charge in [-0.15, -0.1) is 0 Å². The Hall–Kier alpha value is -1.19. The lowest BCUT2D eigenvalue weighted by molar-refractivity contribution is 0.174. The van der Waals surface area contributed by atoms with E-state index < -0.39 is 6.17 Å². The van der Waals surface area contributed by atoms with Gasteiger partial charge < -0.3 is 5.32 Å². The zero-order chi connectivity index (χ0) is 10.5. The van der Waals surface area contributed by atoms with Gasteiger partial charge in [0, 0.05) is 24.9 Å². The number of nitrogens with one attached hydrogen (secondary N) is 1. The molecule has 1 aromatic rings. The second-order valence-corrected chi connectivity index (χ2v) is 4.01. The van der Waals surface area contributed by atoms with E-state index in [-0.39, 0.29) is 5.92 Å². The molecule has 1 heterocycles. The molecule has 1 aliphatic rings. The predicted octanol–water partition coefficient (Wildman–Crippen LogP) is 2.42. The molecule has 82 valence electrons. The summed E-state index contributed by atoms with van der Waals surface area (Å²) in [6.07, 6.45) is 6.56. The minimum atomic E-state index is -0.657. The number of alkyl halides is 1. The minimum absolute atomic E-state index is 0.127. The molecule has 0 aromatic carbocycles. The summed E-state index contributed by atoms with van der Waals surface area (Å²) in [5.74, 6) is 0.720. The lowest BCUT2D eigenvalue weighted by Gasteiger charge is -2.25. The highest BCUT2D eigenvalue weighted by Crippen LogP contribution is 2.26. The van der Waals surface area contributed by atoms with E-state index >= 15 is 0 Å². The number of hydrogen-bond acceptors (Lipinski definition) is 3. The molecule has 0 radical (unpaired) electrons. The van der Waals surface area contributed by atoms with Crippen molar-refractivity contribution in [3.63, 3.8) is 0 Å². The van der Waals surface area contributed by atoms with Gasteiger partial charge in [-0.1, -0.05) is 12.8 Å². The highest BCUT2D eigenvalue weighted by molar-refractivity contribution is 5.22. The highest BCUT2D eigenvalue weighted by atomic mass is 19.1. The van der Waals surface area contributed by atoms with Crippen LogP contribution in [0, 0.1) is 5.92 Å². The Labute approximate surface area is 89.1 Å². The van der Waals surface area contributed by atoms with Crippen molar-refractivity contribution in [1.82, 2.24) is 9.97 Å². The Bertz CT molecular complexity index is 291. The number of anilines is 1. The van der Waals surface area contributed by atoms with Gasteiger partial charge in [0.25, 0.3) is 0 Å². The first kappa shape index (κ1) is 10.3. The van der Waals surface area contributed by atoms with Crippen molar-refractivity contribution in [1.29, 1.82) is 0 Å². The van der Waals surface area contributed by atoms with E-state index in [9.17, 15) is 4.39 Å². The quantitative estimate of drug-likeness (QED) is 0.830. The number of halogens is 1. The Morgan fingerprint density at radius 1 is 1.27 bits per heavy atom. The third kappa shape index (κ3) is 2.88. The maximum absolute atomic E-state index is 13.5. The summed E-state index contributed by atoms with van der Waals surface area (Å²) in [6.45, 7) is 0.644. The first-order chi connectivity index (χ1) is 7.36. The Morgan fingerprint density at radius 3 is 2.73 bits per heavy atom. The van der Waals surface area contributed by atoms with Gasteiger partial charge in [-0.2, -0.15) is 0 Å². The van der Waals surface area contributed by atoms with Gasteiger partial charge in [0.05, 0.1) is 0 Å². The van der Waals surface area contributed by atoms with Crippen LogP contribution in [0.1, 0.15) is 25.7 Å². The van der Waals surface area contributed by atoms with Gasteiger partial charge >= 0.3 is 0 Å². The topological polar surface area (TPSA) is 37.8 Å². The normalized spacial score (nSPS) is 26.2. The lowest BCUT2D eigenvalue weighted by atomic mass is 9.87. The van der Waals surface area contributed by atoms with Gasteiger partial charge in [0.1, 0.15) is 6.17 Å². The van der Waals surface area contributed by atoms with Crippen molar-refractivity contribution in [3.05, 3.63) is 18.5 Å². The molecule has 2 atom stereocenters. The maximum atomic E-state index is 13.5. The zero-order valence-corrected chi connectivity index (χ0v) is 8.69. The summed E-state index contributed by atoms with van der Waals surface area (Å²) >= 11 is 0. The molecule has 2 rings (SSSR count). The van der Waals surface area contributed by atoms with Crippen LogP contribution < -0.4 is 5.32 Å². The molecule has 1 aliphatic carbocycles. The van der Waals surface area contributed by atoms with Crippen molar-refractivity contribution in [2.24, 2.45) is 5.92 Å². The molecule has 1 aromatic heterocycles. The standard InChI is InChI=1S/C11H16FN3/c12-10-5-2-1-4-9(10)8-15-11-13-6-3-7-14-11/h3,6-7,9-10H,1-2,4-5,8H2,(H,13,14,15)/t9-,10-/m1/s1. The molecule has 0 unspecified atom stereocenters. The van der Waals surface area contributed by atoms with E-state index in [0.717, 1.165) is 19.3 Å². The third-order valence-corrected chi connectivity index (χ3v) is 2.90. The molecule has 15 heavy (non-hydrogen) atoms. The molecule has 0 bridgehead atoms. The van der Waals surface area contributed by atoms with Crippen LogP contribution in [-0.4, -0.2) is 22.7 Å². The smallest absolute Gasteiger partial charge is 0.222 e. The van der Waals surface area contributed by atoms with Gasteiger partial charge in [0.15, 0.2) is 0 Å². The number of nitrogens with zero attached hydrogens (tertiary/aromatic N) is 2. The monoisotopic (exact) mass is 209 g/mol. The number of hydrogen-bond donors (Lipinski definition) is 1. The lowest BCUT2D eigenvalue weighted by Crippen LogP contribution is -2.27. The largest absolute Gasteiger partial charge is 0.354 e. The van der Waals surface area contributed by atoms with Crippen LogP contribution in [0.4, 0.5) is 10.3 Å². The van der Waals surface area contributed by atoms with Crippen molar-refractivity contribution >= 4 is 5.95 Å². The molecule has 3 nitrogen and oxygen atoms in total. The summed E-state index contributed by atoms with van der Waals surface area (Å²) in [5, 5.41) is 3.08. The number of aromatic nitrogens is 2. The summed E-state index contributed by atoms with van der Waals surface area (Å²) in [7, 11) is 0. The van der Waals surface area contributed by atoms with Crippen LogP contribution >= 0.6 is 0 Å². The fraction of sp³-hybridized carbons (Fsp3) is 0.636. The van der Waals surface area contributed by atoms with Gasteiger partial charge in [-0.3, -0.25) is 0 Å². The summed E-state index contributed by atoms with van der Waals surface area (Å²) in [5.41, 5.74) is 0. The molecular weight excluding hydrogens is 193 g/mol. The van der Waals surface area contributed by atoms with Crippen molar-refractivity contribution in [2.75, 3.05) is 11.9 Å². The van der Waals surface area contributed by atoms with Crippen LogP contribution in [0.25, 0.3) is 0 Å². The van der Waals surface area contributed by atoms with E-state index in [4.69, 9.17) is 0 Å². The van der Waals surface area contributed by atoms with E-state index in [1.54, 1.807) is 18.5 Å². The van der Waals surface area contributed by atoms with Gasteiger partial charge in [0.2, 0.25) is 5.95 Å². The van der Waals surface area contributed by atoms with E-state index in [1.165, 1.54) is 0 Å². The first-order valence-corrected chi connectivity index (χ1v) is 5.51. The van der Waals surface area contributed by atoms with Crippen molar-refractivity contribution in [2.45, 2.75) is 31.9 Å². The number of rotatable bonds is 3. The SMILES string of the molecule is F[C@@H]1CCCC[C@@H]1CNc1ncccn1. The molecule has 0 amide bonds. The highest BCUT2D eigenvalue weighted by Gasteiger charge is 2.24. The fourth-order valence-corrected chi connectivity index (χ4v) is 2.01.